The van der Waals surface area contributed by atoms with Gasteiger partial charge in [0, 0.05) is 6.42 Å². The second kappa shape index (κ2) is 9.02. The van der Waals surface area contributed by atoms with Crippen LogP contribution in [0.4, 0.5) is 5.82 Å². The number of aromatic nitrogens is 4. The van der Waals surface area contributed by atoms with Gasteiger partial charge in [0.1, 0.15) is 37.0 Å². The summed E-state index contributed by atoms with van der Waals surface area (Å²) in [6, 6.07) is 15.3. The molecule has 1 saturated heterocycles. The standard InChI is InChI=1S/C30H27N5O6/c36-10-19-18(37)9-20(41-19)35-12-33-25-29(31-11-32-30(25)35)34-24-23-16-7-6-14-3-1-2-13-4-5-15(22(16)21(13)14)8-17(23)26(38)28(40)27(24)39/h1-8,11-12,18-20,24,26-28,36-40H,9-10H2,(H,31,32,34)/t18-,19+,20+,24?,26?,27?,28?/m0/s1. The van der Waals surface area contributed by atoms with Crippen molar-refractivity contribution >= 4 is 49.3 Å². The maximum absolute atomic E-state index is 11.3. The first-order chi connectivity index (χ1) is 19.9. The van der Waals surface area contributed by atoms with Crippen molar-refractivity contribution in [1.82, 2.24) is 19.5 Å². The number of aliphatic hydroxyl groups excluding tert-OH is 5. The zero-order chi connectivity index (χ0) is 28.0. The van der Waals surface area contributed by atoms with Crippen LogP contribution in [0.15, 0.2) is 61.2 Å². The van der Waals surface area contributed by atoms with Crippen molar-refractivity contribution in [2.24, 2.45) is 0 Å². The molecule has 208 valence electrons. The van der Waals surface area contributed by atoms with Crippen LogP contribution in [0.3, 0.4) is 0 Å². The number of nitrogens with one attached hydrogen (secondary N) is 1. The largest absolute Gasteiger partial charge is 0.394 e. The average Bonchev–Trinajstić information content (AvgIpc) is 3.60. The van der Waals surface area contributed by atoms with Gasteiger partial charge in [-0.1, -0.05) is 42.5 Å². The molecule has 0 saturated carbocycles. The number of aliphatic hydroxyl groups is 5. The molecular weight excluding hydrogens is 526 g/mol. The van der Waals surface area contributed by atoms with Gasteiger partial charge in [-0.2, -0.15) is 0 Å². The van der Waals surface area contributed by atoms with Crippen molar-refractivity contribution in [1.29, 1.82) is 0 Å². The molecule has 0 amide bonds. The van der Waals surface area contributed by atoms with E-state index in [-0.39, 0.29) is 13.0 Å². The summed E-state index contributed by atoms with van der Waals surface area (Å²) in [6.07, 6.45) is -3.00. The van der Waals surface area contributed by atoms with Crippen molar-refractivity contribution in [3.63, 3.8) is 0 Å². The molecule has 1 aliphatic carbocycles. The zero-order valence-electron chi connectivity index (χ0n) is 21.7. The van der Waals surface area contributed by atoms with Gasteiger partial charge in [0.2, 0.25) is 0 Å². The highest BCUT2D eigenvalue weighted by Crippen LogP contribution is 2.46. The van der Waals surface area contributed by atoms with Crippen LogP contribution in [0, 0.1) is 0 Å². The summed E-state index contributed by atoms with van der Waals surface area (Å²) in [6.45, 7) is -0.304. The van der Waals surface area contributed by atoms with Crippen LogP contribution >= 0.6 is 0 Å². The van der Waals surface area contributed by atoms with E-state index in [1.165, 1.54) is 6.33 Å². The van der Waals surface area contributed by atoms with Crippen molar-refractivity contribution in [2.75, 3.05) is 11.9 Å². The molecule has 11 nitrogen and oxygen atoms in total. The molecule has 4 aromatic carbocycles. The molecule has 8 rings (SSSR count). The van der Waals surface area contributed by atoms with E-state index in [1.807, 2.05) is 30.3 Å². The summed E-state index contributed by atoms with van der Waals surface area (Å²) in [4.78, 5) is 13.3. The van der Waals surface area contributed by atoms with Crippen LogP contribution in [-0.4, -0.2) is 76.1 Å². The summed E-state index contributed by atoms with van der Waals surface area (Å²) in [7, 11) is 0. The molecule has 6 N–H and O–H groups in total. The fourth-order valence-corrected chi connectivity index (χ4v) is 6.71. The molecule has 7 atom stereocenters. The van der Waals surface area contributed by atoms with Gasteiger partial charge in [-0.05, 0) is 49.5 Å². The summed E-state index contributed by atoms with van der Waals surface area (Å²) in [5.74, 6) is 0.329. The Labute approximate surface area is 232 Å². The normalized spacial score (nSPS) is 28.3. The first-order valence-electron chi connectivity index (χ1n) is 13.6. The molecule has 1 aliphatic heterocycles. The molecule has 11 heteroatoms. The predicted octanol–water partition coefficient (Wildman–Crippen LogP) is 2.29. The number of rotatable bonds is 4. The van der Waals surface area contributed by atoms with Gasteiger partial charge in [-0.15, -0.1) is 0 Å². The fraction of sp³-hybridized carbons (Fsp3) is 0.300. The SMILES string of the molecule is OC[C@H]1O[C@@H](n2cnc3c(NC4c5c(cc6ccc7cccc8ccc5c6c78)C(O)C(O)C4O)ncnc32)C[C@@H]1O. The zero-order valence-corrected chi connectivity index (χ0v) is 21.7. The first-order valence-corrected chi connectivity index (χ1v) is 13.6. The number of benzene rings is 4. The summed E-state index contributed by atoms with van der Waals surface area (Å²) >= 11 is 0. The van der Waals surface area contributed by atoms with Gasteiger partial charge in [0.05, 0.1) is 25.1 Å². The number of imidazole rings is 1. The molecule has 6 aromatic rings. The van der Waals surface area contributed by atoms with Gasteiger partial charge in [-0.25, -0.2) is 15.0 Å². The molecule has 41 heavy (non-hydrogen) atoms. The predicted molar refractivity (Wildman–Crippen MR) is 150 cm³/mol. The molecule has 3 heterocycles. The Morgan fingerprint density at radius 3 is 2.46 bits per heavy atom. The third-order valence-electron chi connectivity index (χ3n) is 8.71. The smallest absolute Gasteiger partial charge is 0.167 e. The Bertz CT molecular complexity index is 1930. The number of nitrogens with zero attached hydrogens (tertiary/aromatic N) is 4. The minimum atomic E-state index is -1.44. The highest BCUT2D eigenvalue weighted by atomic mass is 16.5. The van der Waals surface area contributed by atoms with Crippen molar-refractivity contribution < 1.29 is 30.3 Å². The Kier molecular flexibility index (Phi) is 5.45. The van der Waals surface area contributed by atoms with E-state index >= 15 is 0 Å². The minimum Gasteiger partial charge on any atom is -0.394 e. The van der Waals surface area contributed by atoms with Crippen LogP contribution in [0.2, 0.25) is 0 Å². The lowest BCUT2D eigenvalue weighted by molar-refractivity contribution is -0.0766. The average molecular weight is 554 g/mol. The van der Waals surface area contributed by atoms with E-state index in [0.29, 0.717) is 28.1 Å². The molecular formula is C30H27N5O6. The van der Waals surface area contributed by atoms with Crippen LogP contribution in [0.5, 0.6) is 0 Å². The van der Waals surface area contributed by atoms with Gasteiger partial charge in [0.15, 0.2) is 17.0 Å². The quantitative estimate of drug-likeness (QED) is 0.178. The summed E-state index contributed by atoms with van der Waals surface area (Å²) in [5, 5.41) is 62.5. The monoisotopic (exact) mass is 553 g/mol. The highest BCUT2D eigenvalue weighted by molar-refractivity contribution is 6.24. The Hall–Kier alpha value is -3.97. The van der Waals surface area contributed by atoms with Crippen LogP contribution in [-0.2, 0) is 4.74 Å². The maximum atomic E-state index is 11.3. The molecule has 1 fully saturated rings. The second-order valence-corrected chi connectivity index (χ2v) is 10.9. The Balaban J connectivity index is 1.28. The Morgan fingerprint density at radius 2 is 1.68 bits per heavy atom. The van der Waals surface area contributed by atoms with Gasteiger partial charge < -0.3 is 35.6 Å². The molecule has 2 aliphatic rings. The number of ether oxygens (including phenoxy) is 1. The number of hydrogen-bond acceptors (Lipinski definition) is 10. The number of anilines is 1. The van der Waals surface area contributed by atoms with E-state index in [0.717, 1.165) is 32.3 Å². The van der Waals surface area contributed by atoms with Crippen LogP contribution in [0.25, 0.3) is 43.5 Å². The highest BCUT2D eigenvalue weighted by Gasteiger charge is 2.43. The fourth-order valence-electron chi connectivity index (χ4n) is 6.71. The summed E-state index contributed by atoms with van der Waals surface area (Å²) < 4.78 is 7.48. The van der Waals surface area contributed by atoms with E-state index in [2.05, 4.69) is 38.5 Å². The topological polar surface area (TPSA) is 166 Å². The number of hydrogen-bond donors (Lipinski definition) is 6. The lowest BCUT2D eigenvalue weighted by Crippen LogP contribution is -2.44. The first kappa shape index (κ1) is 24.8. The number of fused-ring (bicyclic) bond motifs is 3. The van der Waals surface area contributed by atoms with Crippen LogP contribution < -0.4 is 5.32 Å². The van der Waals surface area contributed by atoms with Crippen LogP contribution in [0.1, 0.15) is 35.9 Å². The van der Waals surface area contributed by atoms with Crippen molar-refractivity contribution in [3.8, 4) is 0 Å². The van der Waals surface area contributed by atoms with Gasteiger partial charge >= 0.3 is 0 Å². The molecule has 4 unspecified atom stereocenters. The third kappa shape index (κ3) is 3.51. The maximum Gasteiger partial charge on any atom is 0.167 e. The van der Waals surface area contributed by atoms with E-state index in [9.17, 15) is 25.5 Å². The van der Waals surface area contributed by atoms with E-state index in [1.54, 1.807) is 10.9 Å². The summed E-state index contributed by atoms with van der Waals surface area (Å²) in [5.41, 5.74) is 2.07. The minimum absolute atomic E-state index is 0.265. The van der Waals surface area contributed by atoms with Crippen molar-refractivity contribution in [2.45, 2.75) is 49.2 Å². The third-order valence-corrected chi connectivity index (χ3v) is 8.71. The molecule has 0 radical (unpaired) electrons. The van der Waals surface area contributed by atoms with Gasteiger partial charge in [-0.3, -0.25) is 4.57 Å². The molecule has 0 spiro atoms. The van der Waals surface area contributed by atoms with Gasteiger partial charge in [0.25, 0.3) is 0 Å². The molecule has 0 bridgehead atoms. The lowest BCUT2D eigenvalue weighted by atomic mass is 9.77. The molecule has 2 aromatic heterocycles. The van der Waals surface area contributed by atoms with E-state index in [4.69, 9.17) is 4.74 Å². The van der Waals surface area contributed by atoms with Crippen molar-refractivity contribution in [3.05, 3.63) is 72.3 Å². The Morgan fingerprint density at radius 1 is 0.902 bits per heavy atom. The van der Waals surface area contributed by atoms with E-state index < -0.39 is 42.8 Å². The second-order valence-electron chi connectivity index (χ2n) is 10.9. The lowest BCUT2D eigenvalue weighted by Gasteiger charge is -2.39.